The fraction of sp³-hybridized carbons (Fsp3) is 0.500. The Balaban J connectivity index is 0.000000600. The first-order chi connectivity index (χ1) is 17.0. The lowest BCUT2D eigenvalue weighted by atomic mass is 10.1. The summed E-state index contributed by atoms with van der Waals surface area (Å²) in [6.45, 7) is 3.36. The number of anilines is 1. The molecule has 5 nitrogen and oxygen atoms in total. The van der Waals surface area contributed by atoms with Crippen LogP contribution in [0.4, 0.5) is 67.2 Å². The van der Waals surface area contributed by atoms with Crippen LogP contribution in [0.5, 0.6) is 0 Å². The maximum absolute atomic E-state index is 13.3. The number of nitrogens with zero attached hydrogens (tertiary/aromatic N) is 2. The number of rotatable bonds is 8. The smallest absolute Gasteiger partial charge is 0.272 e. The molecule has 1 N–H and O–H groups in total. The third kappa shape index (κ3) is 6.09. The van der Waals surface area contributed by atoms with Gasteiger partial charge in [-0.2, -0.15) is 47.9 Å². The number of unbranched alkanes of at least 4 members (excludes halogenated alkanes) is 1. The lowest BCUT2D eigenvalue weighted by Crippen LogP contribution is -2.64. The molecular formula is C18H16F14N3O2S+. The number of halogens is 14. The molecule has 0 spiro atoms. The fourth-order valence-corrected chi connectivity index (χ4v) is 3.44. The molecule has 0 aliphatic rings. The van der Waals surface area contributed by atoms with Crippen molar-refractivity contribution >= 4 is 15.7 Å². The molecule has 0 unspecified atom stereocenters. The van der Waals surface area contributed by atoms with E-state index in [2.05, 4.69) is 34.8 Å². The summed E-state index contributed by atoms with van der Waals surface area (Å²) in [5, 5.41) is -7.46. The van der Waals surface area contributed by atoms with E-state index in [0.29, 0.717) is 0 Å². The van der Waals surface area contributed by atoms with Crippen molar-refractivity contribution < 1.29 is 74.5 Å². The highest BCUT2D eigenvalue weighted by Gasteiger charge is 2.85. The molecule has 1 aromatic heterocycles. The Bertz CT molecular complexity index is 1210. The van der Waals surface area contributed by atoms with Crippen LogP contribution in [0.1, 0.15) is 19.8 Å². The first-order valence-corrected chi connectivity index (χ1v) is 11.2. The van der Waals surface area contributed by atoms with Crippen LogP contribution >= 0.6 is 0 Å². The van der Waals surface area contributed by atoms with E-state index in [-0.39, 0.29) is 4.72 Å². The maximum atomic E-state index is 13.3. The predicted octanol–water partition coefficient (Wildman–Crippen LogP) is 5.66. The van der Waals surface area contributed by atoms with E-state index in [1.54, 1.807) is 0 Å². The van der Waals surface area contributed by atoms with Crippen molar-refractivity contribution in [1.82, 2.24) is 4.57 Å². The molecule has 2 aromatic rings. The van der Waals surface area contributed by atoms with Crippen LogP contribution in [0.2, 0.25) is 0 Å². The van der Waals surface area contributed by atoms with E-state index in [0.717, 1.165) is 6.54 Å². The molecule has 0 aliphatic heterocycles. The zero-order chi connectivity index (χ0) is 30.1. The molecule has 0 radical (unpaired) electrons. The lowest BCUT2D eigenvalue weighted by Gasteiger charge is -2.33. The van der Waals surface area contributed by atoms with Crippen LogP contribution < -0.4 is 9.29 Å². The van der Waals surface area contributed by atoms with Crippen molar-refractivity contribution in [3.8, 4) is 0 Å². The van der Waals surface area contributed by atoms with Gasteiger partial charge in [0.2, 0.25) is 12.1 Å². The summed E-state index contributed by atoms with van der Waals surface area (Å²) in [6.07, 6.45) is 1.39. The van der Waals surface area contributed by atoms with Gasteiger partial charge in [-0.25, -0.2) is 31.1 Å². The number of aromatic nitrogens is 2. The van der Waals surface area contributed by atoms with Crippen LogP contribution in [0.3, 0.4) is 0 Å². The number of hydrogen-bond donors (Lipinski definition) is 1. The van der Waals surface area contributed by atoms with E-state index in [9.17, 15) is 69.9 Å². The normalized spacial score (nSPS) is 13.3. The Hall–Kier alpha value is -2.80. The standard InChI is InChI=1S/C10HF14NO2S.C8H15N2/c11-1-2(12)4(14)6(5(15)3(1)13)25-28(26,27)10(23,24)8(18,19)7(16,17)9(20,21)22;1-3-4-5-10-7-6-9(2)8-10/h25H;6-8H,3-5H2,1-2H3/q;+1. The van der Waals surface area contributed by atoms with Gasteiger partial charge in [-0.1, -0.05) is 13.3 Å². The Morgan fingerprint density at radius 1 is 0.816 bits per heavy atom. The number of hydrogen-bond acceptors (Lipinski definition) is 2. The fourth-order valence-electron chi connectivity index (χ4n) is 2.40. The van der Waals surface area contributed by atoms with Gasteiger partial charge >= 0.3 is 33.3 Å². The van der Waals surface area contributed by atoms with Gasteiger partial charge in [-0.15, -0.1) is 0 Å². The van der Waals surface area contributed by atoms with Crippen molar-refractivity contribution in [1.29, 1.82) is 0 Å². The molecule has 0 aliphatic carbocycles. The van der Waals surface area contributed by atoms with Crippen molar-refractivity contribution in [3.63, 3.8) is 0 Å². The highest BCUT2D eigenvalue weighted by Crippen LogP contribution is 2.55. The largest absolute Gasteiger partial charge is 0.460 e. The van der Waals surface area contributed by atoms with Gasteiger partial charge in [0.05, 0.1) is 13.6 Å². The minimum absolute atomic E-state index is 0.321. The summed E-state index contributed by atoms with van der Waals surface area (Å²) in [6, 6.07) is 0. The van der Waals surface area contributed by atoms with E-state index in [1.165, 1.54) is 12.8 Å². The number of nitrogens with one attached hydrogen (secondary N) is 1. The molecular weight excluding hydrogens is 588 g/mol. The summed E-state index contributed by atoms with van der Waals surface area (Å²) in [5.41, 5.74) is -2.93. The van der Waals surface area contributed by atoms with E-state index in [4.69, 9.17) is 0 Å². The van der Waals surface area contributed by atoms with E-state index in [1.807, 2.05) is 7.05 Å². The van der Waals surface area contributed by atoms with E-state index >= 15 is 0 Å². The van der Waals surface area contributed by atoms with Crippen molar-refractivity contribution in [3.05, 3.63) is 47.8 Å². The quantitative estimate of drug-likeness (QED) is 0.183. The summed E-state index contributed by atoms with van der Waals surface area (Å²) in [4.78, 5) is 0. The average molecular weight is 604 g/mol. The molecule has 218 valence electrons. The minimum atomic E-state index is -7.78. The lowest BCUT2D eigenvalue weighted by molar-refractivity contribution is -0.671. The number of benzene rings is 1. The number of sulfonamides is 1. The predicted molar refractivity (Wildman–Crippen MR) is 100 cm³/mol. The molecule has 1 aromatic carbocycles. The van der Waals surface area contributed by atoms with Gasteiger partial charge in [0.25, 0.3) is 0 Å². The molecule has 0 saturated carbocycles. The monoisotopic (exact) mass is 604 g/mol. The van der Waals surface area contributed by atoms with Gasteiger partial charge in [0.1, 0.15) is 18.1 Å². The van der Waals surface area contributed by atoms with Crippen molar-refractivity contribution in [2.45, 2.75) is 49.6 Å². The number of alkyl halides is 9. The number of imidazole rings is 1. The van der Waals surface area contributed by atoms with Crippen LogP contribution in [0.25, 0.3) is 0 Å². The Labute approximate surface area is 204 Å². The Morgan fingerprint density at radius 2 is 1.26 bits per heavy atom. The molecule has 38 heavy (non-hydrogen) atoms. The SMILES string of the molecule is CCCCn1cc[n+](C)c1.O=S(=O)(Nc1c(F)c(F)c(F)c(F)c1F)C(F)(F)C(F)(F)C(F)(F)C(F)(F)F. The second kappa shape index (κ2) is 11.1. The third-order valence-electron chi connectivity index (χ3n) is 4.49. The molecule has 20 heteroatoms. The zero-order valence-corrected chi connectivity index (χ0v) is 19.6. The average Bonchev–Trinajstić information content (AvgIpc) is 3.22. The van der Waals surface area contributed by atoms with Gasteiger partial charge in [0.15, 0.2) is 23.3 Å². The highest BCUT2D eigenvalue weighted by molar-refractivity contribution is 7.93. The molecule has 0 fully saturated rings. The van der Waals surface area contributed by atoms with Crippen LogP contribution in [0.15, 0.2) is 18.7 Å². The third-order valence-corrected chi connectivity index (χ3v) is 5.90. The Kier molecular flexibility index (Phi) is 9.73. The van der Waals surface area contributed by atoms with E-state index < -0.39 is 68.1 Å². The van der Waals surface area contributed by atoms with Gasteiger partial charge < -0.3 is 0 Å². The molecule has 0 amide bonds. The van der Waals surface area contributed by atoms with Gasteiger partial charge in [-0.05, 0) is 6.42 Å². The summed E-state index contributed by atoms with van der Waals surface area (Å²) >= 11 is 0. The Morgan fingerprint density at radius 3 is 1.63 bits per heavy atom. The van der Waals surface area contributed by atoms with Crippen LogP contribution in [-0.4, -0.2) is 36.3 Å². The summed E-state index contributed by atoms with van der Waals surface area (Å²) < 4.78 is 205. The molecule has 0 atom stereocenters. The van der Waals surface area contributed by atoms with Gasteiger partial charge in [-0.3, -0.25) is 4.72 Å². The molecule has 1 heterocycles. The molecule has 0 bridgehead atoms. The maximum Gasteiger partial charge on any atom is 0.460 e. The zero-order valence-electron chi connectivity index (χ0n) is 18.8. The van der Waals surface area contributed by atoms with Crippen LogP contribution in [-0.2, 0) is 23.6 Å². The second-order valence-electron chi connectivity index (χ2n) is 7.38. The highest BCUT2D eigenvalue weighted by atomic mass is 32.2. The van der Waals surface area contributed by atoms with Crippen LogP contribution in [0, 0.1) is 29.1 Å². The first kappa shape index (κ1) is 33.2. The number of aryl methyl sites for hydroxylation is 2. The van der Waals surface area contributed by atoms with Crippen molar-refractivity contribution in [2.24, 2.45) is 7.05 Å². The minimum Gasteiger partial charge on any atom is -0.272 e. The molecule has 0 saturated heterocycles. The second-order valence-corrected chi connectivity index (χ2v) is 9.11. The van der Waals surface area contributed by atoms with Gasteiger partial charge in [0, 0.05) is 0 Å². The summed E-state index contributed by atoms with van der Waals surface area (Å²) in [5.74, 6) is -30.8. The summed E-state index contributed by atoms with van der Waals surface area (Å²) in [7, 11) is -5.61. The molecule has 2 rings (SSSR count). The van der Waals surface area contributed by atoms with Crippen molar-refractivity contribution in [2.75, 3.05) is 4.72 Å². The topological polar surface area (TPSA) is 55.0 Å². The first-order valence-electron chi connectivity index (χ1n) is 9.72.